The van der Waals surface area contributed by atoms with Gasteiger partial charge in [0.15, 0.2) is 6.29 Å². The molecule has 0 saturated heterocycles. The molecular weight excluding hydrogens is 723 g/mol. The molecule has 0 atom stereocenters. The lowest BCUT2D eigenvalue weighted by molar-refractivity contribution is -0.148. The molecular formula is C52H81ClO2P+. The number of hydrogen-bond donors (Lipinski definition) is 0. The maximum Gasteiger partial charge on any atom is 0.211 e. The van der Waals surface area contributed by atoms with E-state index in [-0.39, 0.29) is 6.29 Å². The second kappa shape index (κ2) is 30.1. The number of unbranched alkanes of at least 4 members (excludes halogenated alkanes) is 18. The van der Waals surface area contributed by atoms with Gasteiger partial charge in [-0.1, -0.05) is 171 Å². The van der Waals surface area contributed by atoms with E-state index in [1.54, 1.807) is 0 Å². The third-order valence-electron chi connectivity index (χ3n) is 11.5. The smallest absolute Gasteiger partial charge is 0.211 e. The van der Waals surface area contributed by atoms with E-state index in [2.05, 4.69) is 114 Å². The van der Waals surface area contributed by atoms with Gasteiger partial charge >= 0.3 is 0 Å². The highest BCUT2D eigenvalue weighted by molar-refractivity contribution is 8.15. The summed E-state index contributed by atoms with van der Waals surface area (Å²) in [5.41, 5.74) is 5.30. The largest absolute Gasteiger partial charge is 0.353 e. The molecule has 0 heterocycles. The van der Waals surface area contributed by atoms with Gasteiger partial charge in [-0.3, -0.25) is 0 Å². The summed E-state index contributed by atoms with van der Waals surface area (Å²) in [5, 5.41) is 3.84. The van der Waals surface area contributed by atoms with Gasteiger partial charge in [-0.25, -0.2) is 0 Å². The molecule has 0 radical (unpaired) electrons. The van der Waals surface area contributed by atoms with Crippen LogP contribution in [0.2, 0.25) is 0 Å². The highest BCUT2D eigenvalue weighted by Gasteiger charge is 2.48. The maximum atomic E-state index is 7.97. The zero-order chi connectivity index (χ0) is 40.1. The molecule has 0 aliphatic rings. The van der Waals surface area contributed by atoms with Crippen molar-refractivity contribution in [1.82, 2.24) is 0 Å². The Kier molecular flexibility index (Phi) is 26.1. The van der Waals surface area contributed by atoms with Gasteiger partial charge in [0.1, 0.15) is 27.2 Å². The highest BCUT2D eigenvalue weighted by atomic mass is 35.7. The molecule has 4 heteroatoms. The Morgan fingerprint density at radius 3 is 1.46 bits per heavy atom. The van der Waals surface area contributed by atoms with E-state index in [9.17, 15) is 0 Å². The first kappa shape index (κ1) is 48.4. The zero-order valence-corrected chi connectivity index (χ0v) is 38.3. The molecule has 0 bridgehead atoms. The van der Waals surface area contributed by atoms with Crippen LogP contribution in [0.1, 0.15) is 184 Å². The topological polar surface area (TPSA) is 18.5 Å². The lowest BCUT2D eigenvalue weighted by atomic mass is 10.0. The van der Waals surface area contributed by atoms with Crippen molar-refractivity contribution in [1.29, 1.82) is 0 Å². The minimum Gasteiger partial charge on any atom is -0.353 e. The molecule has 0 spiro atoms. The Labute approximate surface area is 351 Å². The number of rotatable bonds is 33. The summed E-state index contributed by atoms with van der Waals surface area (Å²) in [5.74, 6) is 0. The van der Waals surface area contributed by atoms with Crippen LogP contribution in [0.5, 0.6) is 0 Å². The summed E-state index contributed by atoms with van der Waals surface area (Å²) < 4.78 is 12.6. The van der Waals surface area contributed by atoms with Crippen LogP contribution in [0.4, 0.5) is 0 Å². The quantitative estimate of drug-likeness (QED) is 0.0264. The minimum atomic E-state index is -2.32. The van der Waals surface area contributed by atoms with E-state index < -0.39 is 6.62 Å². The van der Waals surface area contributed by atoms with Crippen molar-refractivity contribution in [2.45, 2.75) is 195 Å². The predicted molar refractivity (Wildman–Crippen MR) is 251 cm³/mol. The van der Waals surface area contributed by atoms with Crippen LogP contribution < -0.4 is 15.9 Å². The SMILES string of the molecule is CCCCCCCCCCOC(CCCCC/C=C\CCCc1cccc([P+](Cl)(c2ccccc2C)c2ccccc2C)c1C)OCCCCCCCCCC. The zero-order valence-electron chi connectivity index (χ0n) is 36.6. The van der Waals surface area contributed by atoms with Crippen LogP contribution in [-0.2, 0) is 15.9 Å². The molecule has 56 heavy (non-hydrogen) atoms. The molecule has 3 aromatic rings. The second-order valence-electron chi connectivity index (χ2n) is 16.3. The van der Waals surface area contributed by atoms with Gasteiger partial charge in [0.2, 0.25) is 6.62 Å². The first-order chi connectivity index (χ1) is 27.4. The standard InChI is InChI=1S/C52H81ClO2P/c1-6-8-10-12-14-20-24-32-43-54-52(55-44-33-25-21-15-13-11-9-7-2)42-27-23-19-17-16-18-22-26-37-48-38-34-41-51(47(48)5)56(53,49-39-30-28-35-45(49)3)50-40-31-29-36-46(50)4/h16,18,28-31,34-36,38-41,52H,6-15,17,19-27,32-33,37,42-44H2,1-5H3/q+1/b18-16-. The predicted octanol–water partition coefficient (Wildman–Crippen LogP) is 15.5. The molecule has 0 aromatic heterocycles. The Morgan fingerprint density at radius 1 is 0.500 bits per heavy atom. The number of ether oxygens (including phenoxy) is 2. The number of allylic oxidation sites excluding steroid dienone is 2. The molecule has 3 aromatic carbocycles. The molecule has 312 valence electrons. The molecule has 0 aliphatic carbocycles. The molecule has 0 aliphatic heterocycles. The van der Waals surface area contributed by atoms with Crippen LogP contribution in [0, 0.1) is 20.8 Å². The van der Waals surface area contributed by atoms with Gasteiger partial charge in [-0.15, -0.1) is 0 Å². The van der Waals surface area contributed by atoms with Crippen molar-refractivity contribution in [3.63, 3.8) is 0 Å². The maximum absolute atomic E-state index is 7.97. The number of aryl methyl sites for hydroxylation is 3. The van der Waals surface area contributed by atoms with E-state index >= 15 is 0 Å². The number of benzene rings is 3. The van der Waals surface area contributed by atoms with Gasteiger partial charge in [0, 0.05) is 13.2 Å². The average molecular weight is 805 g/mol. The Hall–Kier alpha value is -1.96. The molecule has 0 saturated carbocycles. The molecule has 3 rings (SSSR count). The normalized spacial score (nSPS) is 12.1. The van der Waals surface area contributed by atoms with Crippen molar-refractivity contribution >= 4 is 33.8 Å². The Balaban J connectivity index is 1.40. The van der Waals surface area contributed by atoms with Gasteiger partial charge in [-0.2, -0.15) is 0 Å². The van der Waals surface area contributed by atoms with Gasteiger partial charge in [-0.05, 0) is 119 Å². The van der Waals surface area contributed by atoms with E-state index in [1.165, 1.54) is 147 Å². The lowest BCUT2D eigenvalue weighted by Gasteiger charge is -2.24. The third kappa shape index (κ3) is 17.9. The molecule has 0 fully saturated rings. The van der Waals surface area contributed by atoms with Gasteiger partial charge in [0.25, 0.3) is 0 Å². The van der Waals surface area contributed by atoms with Crippen molar-refractivity contribution in [3.05, 3.63) is 101 Å². The minimum absolute atomic E-state index is 0.0267. The van der Waals surface area contributed by atoms with E-state index in [4.69, 9.17) is 20.7 Å². The van der Waals surface area contributed by atoms with Crippen molar-refractivity contribution in [2.75, 3.05) is 13.2 Å². The first-order valence-electron chi connectivity index (χ1n) is 23.1. The summed E-state index contributed by atoms with van der Waals surface area (Å²) in [4.78, 5) is 0. The summed E-state index contributed by atoms with van der Waals surface area (Å²) in [6.07, 6.45) is 35.3. The molecule has 2 nitrogen and oxygen atoms in total. The van der Waals surface area contributed by atoms with E-state index in [0.29, 0.717) is 0 Å². The first-order valence-corrected chi connectivity index (χ1v) is 25.8. The van der Waals surface area contributed by atoms with Gasteiger partial charge < -0.3 is 9.47 Å². The number of hydrogen-bond acceptors (Lipinski definition) is 2. The number of halogens is 1. The average Bonchev–Trinajstić information content (AvgIpc) is 3.20. The van der Waals surface area contributed by atoms with Crippen LogP contribution in [0.3, 0.4) is 0 Å². The molecule has 0 amide bonds. The molecule has 0 N–H and O–H groups in total. The van der Waals surface area contributed by atoms with Crippen LogP contribution in [0.25, 0.3) is 0 Å². The fraction of sp³-hybridized carbons (Fsp3) is 0.615. The summed E-state index contributed by atoms with van der Waals surface area (Å²) >= 11 is 7.97. The third-order valence-corrected chi connectivity index (χ3v) is 16.7. The van der Waals surface area contributed by atoms with Crippen molar-refractivity contribution in [3.8, 4) is 0 Å². The Bertz CT molecular complexity index is 1400. The lowest BCUT2D eigenvalue weighted by Crippen LogP contribution is -2.32. The monoisotopic (exact) mass is 804 g/mol. The Morgan fingerprint density at radius 2 is 0.946 bits per heavy atom. The summed E-state index contributed by atoms with van der Waals surface area (Å²) in [6.45, 7) is 10.6. The highest BCUT2D eigenvalue weighted by Crippen LogP contribution is 2.62. The van der Waals surface area contributed by atoms with Crippen LogP contribution in [0.15, 0.2) is 78.9 Å². The van der Waals surface area contributed by atoms with Gasteiger partial charge in [0.05, 0.1) is 0 Å². The van der Waals surface area contributed by atoms with Crippen LogP contribution >= 0.6 is 17.9 Å². The van der Waals surface area contributed by atoms with Crippen molar-refractivity contribution in [2.24, 2.45) is 0 Å². The summed E-state index contributed by atoms with van der Waals surface area (Å²) in [6, 6.07) is 24.2. The fourth-order valence-electron chi connectivity index (χ4n) is 7.99. The summed E-state index contributed by atoms with van der Waals surface area (Å²) in [7, 11) is 0. The fourth-order valence-corrected chi connectivity index (χ4v) is 13.1. The van der Waals surface area contributed by atoms with Crippen molar-refractivity contribution < 1.29 is 9.47 Å². The van der Waals surface area contributed by atoms with Crippen LogP contribution in [-0.4, -0.2) is 19.5 Å². The molecule has 0 unspecified atom stereocenters. The van der Waals surface area contributed by atoms with E-state index in [1.807, 2.05) is 0 Å². The second-order valence-corrected chi connectivity index (χ2v) is 20.5. The van der Waals surface area contributed by atoms with E-state index in [0.717, 1.165) is 58.2 Å².